The molecule has 2 heterocycles. The number of fused-ring (bicyclic) bond motifs is 1. The third kappa shape index (κ3) is 2.54. The molecule has 4 nitrogen and oxygen atoms in total. The minimum absolute atomic E-state index is 0.592. The van der Waals surface area contributed by atoms with Crippen molar-refractivity contribution in [1.29, 1.82) is 0 Å². The van der Waals surface area contributed by atoms with Crippen LogP contribution in [0.25, 0.3) is 11.4 Å². The van der Waals surface area contributed by atoms with E-state index in [1.54, 1.807) is 0 Å². The summed E-state index contributed by atoms with van der Waals surface area (Å²) in [5.41, 5.74) is 4.01. The molecule has 0 saturated heterocycles. The van der Waals surface area contributed by atoms with Crippen LogP contribution in [0.15, 0.2) is 24.5 Å². The fourth-order valence-electron chi connectivity index (χ4n) is 2.63. The zero-order valence-corrected chi connectivity index (χ0v) is 11.6. The third-order valence-corrected chi connectivity index (χ3v) is 3.53. The Balaban J connectivity index is 1.96. The molecule has 0 radical (unpaired) electrons. The summed E-state index contributed by atoms with van der Waals surface area (Å²) in [5.74, 6) is 1.57. The van der Waals surface area contributed by atoms with Gasteiger partial charge in [0.1, 0.15) is 6.33 Å². The van der Waals surface area contributed by atoms with Gasteiger partial charge < -0.3 is 9.88 Å². The minimum atomic E-state index is 0.592. The van der Waals surface area contributed by atoms with Crippen LogP contribution in [0.1, 0.15) is 25.0 Å². The van der Waals surface area contributed by atoms with Crippen molar-refractivity contribution in [2.75, 3.05) is 6.54 Å². The van der Waals surface area contributed by atoms with Crippen molar-refractivity contribution >= 4 is 0 Å². The maximum absolute atomic E-state index is 4.28. The van der Waals surface area contributed by atoms with Gasteiger partial charge >= 0.3 is 0 Å². The summed E-state index contributed by atoms with van der Waals surface area (Å²) in [4.78, 5) is 0. The van der Waals surface area contributed by atoms with E-state index in [4.69, 9.17) is 0 Å². The van der Waals surface area contributed by atoms with Crippen LogP contribution >= 0.6 is 0 Å². The van der Waals surface area contributed by atoms with Crippen molar-refractivity contribution in [2.24, 2.45) is 5.92 Å². The number of hydrogen-bond donors (Lipinski definition) is 1. The van der Waals surface area contributed by atoms with Gasteiger partial charge in [-0.15, -0.1) is 10.2 Å². The van der Waals surface area contributed by atoms with Gasteiger partial charge in [-0.1, -0.05) is 26.0 Å². The smallest absolute Gasteiger partial charge is 0.163 e. The lowest BCUT2D eigenvalue weighted by Gasteiger charge is -2.18. The number of nitrogens with one attached hydrogen (secondary N) is 1. The van der Waals surface area contributed by atoms with Crippen molar-refractivity contribution in [3.63, 3.8) is 0 Å². The summed E-state index contributed by atoms with van der Waals surface area (Å²) >= 11 is 0. The molecule has 0 spiro atoms. The second-order valence-electron chi connectivity index (χ2n) is 5.61. The lowest BCUT2D eigenvalue weighted by molar-refractivity contribution is 0.525. The second kappa shape index (κ2) is 5.13. The first-order valence-electron chi connectivity index (χ1n) is 6.95. The Morgan fingerprint density at radius 3 is 3.05 bits per heavy atom. The lowest BCUT2D eigenvalue weighted by atomic mass is 9.98. The van der Waals surface area contributed by atoms with E-state index in [9.17, 15) is 0 Å². The molecular formula is C15H20N4. The molecule has 0 fully saturated rings. The molecule has 1 aromatic heterocycles. The molecule has 1 aliphatic rings. The van der Waals surface area contributed by atoms with E-state index in [0.717, 1.165) is 31.9 Å². The molecule has 4 heteroatoms. The normalized spacial score (nSPS) is 14.7. The molecule has 19 heavy (non-hydrogen) atoms. The van der Waals surface area contributed by atoms with Crippen molar-refractivity contribution < 1.29 is 0 Å². The Kier molecular flexibility index (Phi) is 3.34. The molecule has 0 saturated carbocycles. The van der Waals surface area contributed by atoms with Crippen LogP contribution in [0.4, 0.5) is 0 Å². The van der Waals surface area contributed by atoms with Gasteiger partial charge in [0.15, 0.2) is 5.82 Å². The quantitative estimate of drug-likeness (QED) is 0.916. The molecule has 0 atom stereocenters. The van der Waals surface area contributed by atoms with E-state index in [-0.39, 0.29) is 0 Å². The van der Waals surface area contributed by atoms with Crippen molar-refractivity contribution in [1.82, 2.24) is 20.1 Å². The molecule has 1 N–H and O–H groups in total. The molecule has 0 aliphatic carbocycles. The van der Waals surface area contributed by atoms with E-state index in [0.29, 0.717) is 5.92 Å². The van der Waals surface area contributed by atoms with Gasteiger partial charge in [-0.25, -0.2) is 0 Å². The Hall–Kier alpha value is -1.68. The van der Waals surface area contributed by atoms with E-state index in [2.05, 4.69) is 52.1 Å². The summed E-state index contributed by atoms with van der Waals surface area (Å²) in [6, 6.07) is 6.66. The first-order valence-corrected chi connectivity index (χ1v) is 6.95. The van der Waals surface area contributed by atoms with Crippen molar-refractivity contribution in [2.45, 2.75) is 33.4 Å². The highest BCUT2D eigenvalue weighted by molar-refractivity contribution is 5.58. The van der Waals surface area contributed by atoms with Crippen LogP contribution in [-0.4, -0.2) is 21.3 Å². The van der Waals surface area contributed by atoms with Crippen LogP contribution in [-0.2, 0) is 19.5 Å². The van der Waals surface area contributed by atoms with Crippen LogP contribution < -0.4 is 5.32 Å². The van der Waals surface area contributed by atoms with E-state index < -0.39 is 0 Å². The molecule has 1 aromatic carbocycles. The maximum atomic E-state index is 4.28. The monoisotopic (exact) mass is 256 g/mol. The Morgan fingerprint density at radius 2 is 2.21 bits per heavy atom. The highest BCUT2D eigenvalue weighted by atomic mass is 15.3. The maximum Gasteiger partial charge on any atom is 0.163 e. The predicted octanol–water partition coefficient (Wildman–Crippen LogP) is 2.25. The number of hydrogen-bond acceptors (Lipinski definition) is 3. The molecular weight excluding hydrogens is 236 g/mol. The summed E-state index contributed by atoms with van der Waals surface area (Å²) in [7, 11) is 0. The molecule has 1 aliphatic heterocycles. The van der Waals surface area contributed by atoms with Gasteiger partial charge in [0.25, 0.3) is 0 Å². The third-order valence-electron chi connectivity index (χ3n) is 3.53. The molecule has 100 valence electrons. The van der Waals surface area contributed by atoms with Gasteiger partial charge in [-0.2, -0.15) is 0 Å². The number of nitrogens with zero attached hydrogens (tertiary/aromatic N) is 3. The second-order valence-corrected chi connectivity index (χ2v) is 5.61. The predicted molar refractivity (Wildman–Crippen MR) is 75.7 cm³/mol. The fraction of sp³-hybridized carbons (Fsp3) is 0.467. The van der Waals surface area contributed by atoms with E-state index >= 15 is 0 Å². The topological polar surface area (TPSA) is 42.7 Å². The average molecular weight is 256 g/mol. The summed E-state index contributed by atoms with van der Waals surface area (Å²) < 4.78 is 2.14. The van der Waals surface area contributed by atoms with Crippen LogP contribution in [0.5, 0.6) is 0 Å². The average Bonchev–Trinajstić information content (AvgIpc) is 2.85. The highest BCUT2D eigenvalue weighted by Gasteiger charge is 2.13. The van der Waals surface area contributed by atoms with Gasteiger partial charge in [0.05, 0.1) is 0 Å². The van der Waals surface area contributed by atoms with Gasteiger partial charge in [-0.3, -0.25) is 0 Å². The van der Waals surface area contributed by atoms with Gasteiger partial charge in [0, 0.05) is 18.7 Å². The Labute approximate surface area is 113 Å². The van der Waals surface area contributed by atoms with Crippen LogP contribution in [0.2, 0.25) is 0 Å². The SMILES string of the molecule is CC(C)Cn1cnnc1-c1ccc2c(c1)CNCC2. The van der Waals surface area contributed by atoms with Gasteiger partial charge in [0.2, 0.25) is 0 Å². The zero-order valence-electron chi connectivity index (χ0n) is 11.6. The molecule has 0 amide bonds. The van der Waals surface area contributed by atoms with Crippen molar-refractivity contribution in [3.8, 4) is 11.4 Å². The molecule has 3 rings (SSSR count). The highest BCUT2D eigenvalue weighted by Crippen LogP contribution is 2.23. The summed E-state index contributed by atoms with van der Waals surface area (Å²) in [6.45, 7) is 7.41. The zero-order chi connectivity index (χ0) is 13.2. The van der Waals surface area contributed by atoms with E-state index in [1.165, 1.54) is 16.7 Å². The number of rotatable bonds is 3. The largest absolute Gasteiger partial charge is 0.313 e. The lowest BCUT2D eigenvalue weighted by Crippen LogP contribution is -2.23. The Bertz CT molecular complexity index is 571. The first-order chi connectivity index (χ1) is 9.24. The first kappa shape index (κ1) is 12.4. The van der Waals surface area contributed by atoms with E-state index in [1.807, 2.05) is 6.33 Å². The van der Waals surface area contributed by atoms with Crippen LogP contribution in [0, 0.1) is 5.92 Å². The number of aromatic nitrogens is 3. The van der Waals surface area contributed by atoms with Crippen molar-refractivity contribution in [3.05, 3.63) is 35.7 Å². The van der Waals surface area contributed by atoms with Crippen LogP contribution in [0.3, 0.4) is 0 Å². The number of benzene rings is 1. The molecule has 0 unspecified atom stereocenters. The molecule has 2 aromatic rings. The Morgan fingerprint density at radius 1 is 1.32 bits per heavy atom. The minimum Gasteiger partial charge on any atom is -0.313 e. The molecule has 0 bridgehead atoms. The van der Waals surface area contributed by atoms with Gasteiger partial charge in [-0.05, 0) is 36.1 Å². The fourth-order valence-corrected chi connectivity index (χ4v) is 2.63. The summed E-state index contributed by atoms with van der Waals surface area (Å²) in [5, 5.41) is 11.8. The standard InChI is InChI=1S/C15H20N4/c1-11(2)9-19-10-17-18-15(19)13-4-3-12-5-6-16-8-14(12)7-13/h3-4,7,10-11,16H,5-6,8-9H2,1-2H3. The summed E-state index contributed by atoms with van der Waals surface area (Å²) in [6.07, 6.45) is 2.95.